The van der Waals surface area contributed by atoms with E-state index in [0.717, 1.165) is 11.3 Å². The van der Waals surface area contributed by atoms with Gasteiger partial charge in [0.15, 0.2) is 0 Å². The summed E-state index contributed by atoms with van der Waals surface area (Å²) < 4.78 is 0.864. The molecule has 1 amide bonds. The maximum absolute atomic E-state index is 11.7. The number of hydrogen-bond donors (Lipinski definition) is 2. The summed E-state index contributed by atoms with van der Waals surface area (Å²) in [4.78, 5) is 12.0. The molecule has 1 aromatic rings. The Morgan fingerprint density at radius 3 is 2.75 bits per heavy atom. The maximum atomic E-state index is 11.7. The summed E-state index contributed by atoms with van der Waals surface area (Å²) in [6.07, 6.45) is 0. The van der Waals surface area contributed by atoms with Gasteiger partial charge in [-0.05, 0) is 6.07 Å². The van der Waals surface area contributed by atoms with Crippen LogP contribution in [0.3, 0.4) is 0 Å². The van der Waals surface area contributed by atoms with E-state index < -0.39 is 0 Å². The van der Waals surface area contributed by atoms with Gasteiger partial charge < -0.3 is 11.1 Å². The lowest BCUT2D eigenvalue weighted by Crippen LogP contribution is -2.33. The Kier molecular flexibility index (Phi) is 4.98. The van der Waals surface area contributed by atoms with E-state index >= 15 is 0 Å². The van der Waals surface area contributed by atoms with Crippen molar-refractivity contribution >= 4 is 57.7 Å². The highest BCUT2D eigenvalue weighted by Crippen LogP contribution is 2.30. The van der Waals surface area contributed by atoms with E-state index in [-0.39, 0.29) is 11.8 Å². The number of hydrogen-bond acceptors (Lipinski definition) is 3. The summed E-state index contributed by atoms with van der Waals surface area (Å²) in [5.74, 6) is -0.317. The summed E-state index contributed by atoms with van der Waals surface area (Å²) in [7, 11) is 0. The molecule has 0 bridgehead atoms. The van der Waals surface area contributed by atoms with E-state index in [2.05, 4.69) is 5.32 Å². The van der Waals surface area contributed by atoms with Crippen LogP contribution in [0.5, 0.6) is 0 Å². The van der Waals surface area contributed by atoms with Gasteiger partial charge in [-0.3, -0.25) is 4.79 Å². The van der Waals surface area contributed by atoms with E-state index in [1.807, 2.05) is 6.92 Å². The third-order valence-corrected chi connectivity index (χ3v) is 3.85. The molecule has 0 radical (unpaired) electrons. The molecule has 3 N–H and O–H groups in total. The smallest absolute Gasteiger partial charge is 0.253 e. The number of nitrogens with two attached hydrogens (primary N) is 1. The van der Waals surface area contributed by atoms with Gasteiger partial charge in [0.25, 0.3) is 5.91 Å². The van der Waals surface area contributed by atoms with Crippen LogP contribution >= 0.6 is 46.8 Å². The fourth-order valence-corrected chi connectivity index (χ4v) is 2.48. The van der Waals surface area contributed by atoms with Gasteiger partial charge in [-0.25, -0.2) is 0 Å². The standard InChI is InChI=1S/C9H10Cl2N2OS2/c1-4(8(12)15)3-13-9(14)5-2-6(10)16-7(5)11/h2,4H,3H2,1H3,(H2,12,15)(H,13,14). The number of carbonyl (C=O) groups excluding carboxylic acids is 1. The number of carbonyl (C=O) groups is 1. The average molecular weight is 297 g/mol. The SMILES string of the molecule is CC(CNC(=O)c1cc(Cl)sc1Cl)C(N)=S. The fourth-order valence-electron chi connectivity index (χ4n) is 0.937. The van der Waals surface area contributed by atoms with Crippen molar-refractivity contribution in [2.24, 2.45) is 11.7 Å². The minimum absolute atomic E-state index is 0.0492. The molecule has 7 heteroatoms. The first-order chi connectivity index (χ1) is 7.41. The molecule has 1 unspecified atom stereocenters. The Labute approximate surface area is 113 Å². The lowest BCUT2D eigenvalue weighted by Gasteiger charge is -2.10. The summed E-state index contributed by atoms with van der Waals surface area (Å²) in [6.45, 7) is 2.22. The van der Waals surface area contributed by atoms with Gasteiger partial charge in [-0.1, -0.05) is 42.3 Å². The molecular weight excluding hydrogens is 287 g/mol. The predicted molar refractivity (Wildman–Crippen MR) is 72.6 cm³/mol. The van der Waals surface area contributed by atoms with Crippen molar-refractivity contribution in [3.63, 3.8) is 0 Å². The first kappa shape index (κ1) is 13.7. The van der Waals surface area contributed by atoms with Crippen LogP contribution in [0.2, 0.25) is 8.67 Å². The second-order valence-electron chi connectivity index (χ2n) is 3.25. The molecule has 1 rings (SSSR count). The summed E-state index contributed by atoms with van der Waals surface area (Å²) in [6, 6.07) is 1.54. The quantitative estimate of drug-likeness (QED) is 0.840. The van der Waals surface area contributed by atoms with Crippen LogP contribution in [0.1, 0.15) is 17.3 Å². The zero-order chi connectivity index (χ0) is 12.3. The first-order valence-corrected chi connectivity index (χ1v) is 6.42. The summed E-state index contributed by atoms with van der Waals surface area (Å²) >= 11 is 17.5. The van der Waals surface area contributed by atoms with E-state index in [4.69, 9.17) is 41.2 Å². The number of amides is 1. The van der Waals surface area contributed by atoms with E-state index in [9.17, 15) is 4.79 Å². The van der Waals surface area contributed by atoms with Gasteiger partial charge in [-0.15, -0.1) is 11.3 Å². The summed E-state index contributed by atoms with van der Waals surface area (Å²) in [5.41, 5.74) is 5.81. The van der Waals surface area contributed by atoms with E-state index in [1.165, 1.54) is 6.07 Å². The van der Waals surface area contributed by atoms with Crippen LogP contribution in [-0.4, -0.2) is 17.4 Å². The molecule has 0 fully saturated rings. The topological polar surface area (TPSA) is 55.1 Å². The third-order valence-electron chi connectivity index (χ3n) is 1.96. The zero-order valence-corrected chi connectivity index (χ0v) is 11.6. The Morgan fingerprint density at radius 2 is 2.31 bits per heavy atom. The highest BCUT2D eigenvalue weighted by Gasteiger charge is 2.15. The number of rotatable bonds is 4. The number of thiocarbonyl (C=S) groups is 1. The summed E-state index contributed by atoms with van der Waals surface area (Å²) in [5, 5.41) is 2.69. The monoisotopic (exact) mass is 296 g/mol. The lowest BCUT2D eigenvalue weighted by molar-refractivity contribution is 0.0952. The minimum Gasteiger partial charge on any atom is -0.393 e. The van der Waals surface area contributed by atoms with Crippen LogP contribution in [0, 0.1) is 5.92 Å². The molecule has 0 aromatic carbocycles. The molecular formula is C9H10Cl2N2OS2. The Balaban J connectivity index is 2.60. The maximum Gasteiger partial charge on any atom is 0.253 e. The average Bonchev–Trinajstić information content (AvgIpc) is 2.53. The zero-order valence-electron chi connectivity index (χ0n) is 8.42. The van der Waals surface area contributed by atoms with Gasteiger partial charge in [0, 0.05) is 12.5 Å². The van der Waals surface area contributed by atoms with Crippen molar-refractivity contribution in [1.29, 1.82) is 0 Å². The van der Waals surface area contributed by atoms with Gasteiger partial charge in [-0.2, -0.15) is 0 Å². The van der Waals surface area contributed by atoms with Gasteiger partial charge in [0.05, 0.1) is 14.9 Å². The predicted octanol–water partition coefficient (Wildman–Crippen LogP) is 2.71. The number of nitrogens with one attached hydrogen (secondary N) is 1. The molecule has 3 nitrogen and oxygen atoms in total. The molecule has 1 atom stereocenters. The van der Waals surface area contributed by atoms with Crippen LogP contribution < -0.4 is 11.1 Å². The molecule has 16 heavy (non-hydrogen) atoms. The largest absolute Gasteiger partial charge is 0.393 e. The van der Waals surface area contributed by atoms with Crippen LogP contribution in [-0.2, 0) is 0 Å². The Bertz CT molecular complexity index is 420. The van der Waals surface area contributed by atoms with Gasteiger partial charge in [0.2, 0.25) is 0 Å². The van der Waals surface area contributed by atoms with E-state index in [1.54, 1.807) is 0 Å². The lowest BCUT2D eigenvalue weighted by atomic mass is 10.2. The van der Waals surface area contributed by atoms with Crippen molar-refractivity contribution in [3.05, 3.63) is 20.3 Å². The van der Waals surface area contributed by atoms with Crippen molar-refractivity contribution in [2.75, 3.05) is 6.54 Å². The van der Waals surface area contributed by atoms with Crippen LogP contribution in [0.4, 0.5) is 0 Å². The van der Waals surface area contributed by atoms with Gasteiger partial charge >= 0.3 is 0 Å². The first-order valence-electron chi connectivity index (χ1n) is 4.44. The molecule has 88 valence electrons. The van der Waals surface area contributed by atoms with Crippen molar-refractivity contribution in [1.82, 2.24) is 5.32 Å². The second-order valence-corrected chi connectivity index (χ2v) is 6.01. The fraction of sp³-hybridized carbons (Fsp3) is 0.333. The molecule has 1 aromatic heterocycles. The highest BCUT2D eigenvalue weighted by molar-refractivity contribution is 7.80. The molecule has 1 heterocycles. The Hall–Kier alpha value is -0.360. The third kappa shape index (κ3) is 3.59. The molecule has 0 aliphatic heterocycles. The normalized spacial score (nSPS) is 12.2. The molecule has 0 aliphatic carbocycles. The number of thiophene rings is 1. The molecule has 0 aliphatic rings. The van der Waals surface area contributed by atoms with Crippen LogP contribution in [0.25, 0.3) is 0 Å². The van der Waals surface area contributed by atoms with Gasteiger partial charge in [0.1, 0.15) is 4.34 Å². The van der Waals surface area contributed by atoms with Crippen molar-refractivity contribution < 1.29 is 4.79 Å². The molecule has 0 saturated heterocycles. The highest BCUT2D eigenvalue weighted by atomic mass is 35.5. The molecule has 0 spiro atoms. The van der Waals surface area contributed by atoms with Crippen molar-refractivity contribution in [2.45, 2.75) is 6.92 Å². The van der Waals surface area contributed by atoms with E-state index in [0.29, 0.717) is 25.8 Å². The Morgan fingerprint density at radius 1 is 1.69 bits per heavy atom. The number of halogens is 2. The minimum atomic E-state index is -0.267. The molecule has 0 saturated carbocycles. The van der Waals surface area contributed by atoms with Crippen molar-refractivity contribution in [3.8, 4) is 0 Å². The van der Waals surface area contributed by atoms with Crippen LogP contribution in [0.15, 0.2) is 6.07 Å². The second kappa shape index (κ2) is 5.82.